The lowest BCUT2D eigenvalue weighted by atomic mass is 10.0. The Hall–Kier alpha value is -2.11. The van der Waals surface area contributed by atoms with Crippen molar-refractivity contribution in [3.8, 4) is 0 Å². The second-order valence-corrected chi connectivity index (χ2v) is 6.24. The van der Waals surface area contributed by atoms with Crippen molar-refractivity contribution in [2.45, 2.75) is 18.9 Å². The Balaban J connectivity index is 0.00000225. The second kappa shape index (κ2) is 8.83. The van der Waals surface area contributed by atoms with Crippen molar-refractivity contribution >= 4 is 35.0 Å². The number of benzene rings is 2. The summed E-state index contributed by atoms with van der Waals surface area (Å²) in [7, 11) is 1.80. The van der Waals surface area contributed by atoms with Gasteiger partial charge in [-0.2, -0.15) is 0 Å². The van der Waals surface area contributed by atoms with Crippen molar-refractivity contribution in [3.63, 3.8) is 0 Å². The molecular weight excluding hydrogens is 338 g/mol. The van der Waals surface area contributed by atoms with E-state index in [2.05, 4.69) is 10.6 Å². The lowest BCUT2D eigenvalue weighted by molar-refractivity contribution is -0.133. The molecule has 2 aromatic rings. The van der Waals surface area contributed by atoms with E-state index in [9.17, 15) is 9.59 Å². The summed E-state index contributed by atoms with van der Waals surface area (Å²) < 4.78 is 0. The number of fused-ring (bicyclic) bond motifs is 1. The maximum absolute atomic E-state index is 12.2. The summed E-state index contributed by atoms with van der Waals surface area (Å²) in [6, 6.07) is 14.2. The van der Waals surface area contributed by atoms with Gasteiger partial charge in [0.2, 0.25) is 11.8 Å². The molecule has 25 heavy (non-hydrogen) atoms. The Morgan fingerprint density at radius 3 is 2.72 bits per heavy atom. The van der Waals surface area contributed by atoms with Crippen LogP contribution in [0.5, 0.6) is 0 Å². The number of rotatable bonds is 5. The molecule has 134 valence electrons. The lowest BCUT2D eigenvalue weighted by Crippen LogP contribution is -2.44. The second-order valence-electron chi connectivity index (χ2n) is 6.24. The van der Waals surface area contributed by atoms with E-state index in [1.807, 2.05) is 42.5 Å². The van der Waals surface area contributed by atoms with E-state index in [0.29, 0.717) is 0 Å². The van der Waals surface area contributed by atoms with Gasteiger partial charge in [-0.25, -0.2) is 0 Å². The van der Waals surface area contributed by atoms with Crippen molar-refractivity contribution < 1.29 is 9.59 Å². The van der Waals surface area contributed by atoms with Gasteiger partial charge < -0.3 is 15.5 Å². The molecule has 1 aliphatic heterocycles. The molecule has 0 aromatic heterocycles. The molecule has 2 amide bonds. The monoisotopic (exact) mass is 361 g/mol. The Bertz CT molecular complexity index is 739. The summed E-state index contributed by atoms with van der Waals surface area (Å²) >= 11 is 0. The smallest absolute Gasteiger partial charge is 0.242 e. The normalized spacial score (nSPS) is 16.3. The number of carbonyl (C=O) groups excluding carboxylic acids is 2. The Labute approximate surface area is 154 Å². The fourth-order valence-corrected chi connectivity index (χ4v) is 3.15. The van der Waals surface area contributed by atoms with Gasteiger partial charge in [0.05, 0.1) is 13.0 Å². The van der Waals surface area contributed by atoms with E-state index < -0.39 is 0 Å². The molecule has 0 aliphatic carbocycles. The van der Waals surface area contributed by atoms with Crippen molar-refractivity contribution in [1.29, 1.82) is 0 Å². The van der Waals surface area contributed by atoms with E-state index in [-0.39, 0.29) is 43.2 Å². The number of hydrogen-bond acceptors (Lipinski definition) is 3. The minimum atomic E-state index is -0.127. The van der Waals surface area contributed by atoms with E-state index in [0.717, 1.165) is 35.8 Å². The molecule has 3 rings (SSSR count). The highest BCUT2D eigenvalue weighted by Gasteiger charge is 2.23. The van der Waals surface area contributed by atoms with Crippen molar-refractivity contribution in [2.75, 3.05) is 26.7 Å². The van der Waals surface area contributed by atoms with Crippen LogP contribution in [0, 0.1) is 0 Å². The summed E-state index contributed by atoms with van der Waals surface area (Å²) in [5.74, 6) is -0.174. The molecule has 0 saturated carbocycles. The maximum Gasteiger partial charge on any atom is 0.242 e. The van der Waals surface area contributed by atoms with Crippen LogP contribution in [-0.2, 0) is 16.0 Å². The van der Waals surface area contributed by atoms with Gasteiger partial charge in [-0.1, -0.05) is 42.5 Å². The number of nitrogens with one attached hydrogen (secondary N) is 2. The molecule has 2 aromatic carbocycles. The SMILES string of the molecule is CN(C(=O)CNC(=O)Cc1cccc2ccccc12)C1CCNC1.Cl. The van der Waals surface area contributed by atoms with E-state index in [4.69, 9.17) is 0 Å². The fourth-order valence-electron chi connectivity index (χ4n) is 3.15. The number of hydrogen-bond donors (Lipinski definition) is 2. The molecule has 0 radical (unpaired) electrons. The number of nitrogens with zero attached hydrogens (tertiary/aromatic N) is 1. The molecule has 0 spiro atoms. The van der Waals surface area contributed by atoms with Crippen molar-refractivity contribution in [2.24, 2.45) is 0 Å². The highest BCUT2D eigenvalue weighted by Crippen LogP contribution is 2.18. The van der Waals surface area contributed by atoms with Gasteiger partial charge in [-0.05, 0) is 29.3 Å². The minimum Gasteiger partial charge on any atom is -0.347 e. The average Bonchev–Trinajstić information content (AvgIpc) is 3.14. The Morgan fingerprint density at radius 1 is 1.20 bits per heavy atom. The summed E-state index contributed by atoms with van der Waals surface area (Å²) in [6.45, 7) is 1.82. The molecule has 1 aliphatic rings. The number of halogens is 1. The Kier molecular flexibility index (Phi) is 6.79. The van der Waals surface area contributed by atoms with Crippen LogP contribution in [0.15, 0.2) is 42.5 Å². The van der Waals surface area contributed by atoms with Crippen LogP contribution >= 0.6 is 12.4 Å². The van der Waals surface area contributed by atoms with Gasteiger partial charge >= 0.3 is 0 Å². The standard InChI is InChI=1S/C19H23N3O2.ClH/c1-22(16-9-10-20-12-16)19(24)13-21-18(23)11-15-7-4-6-14-5-2-3-8-17(14)15;/h2-8,16,20H,9-13H2,1H3,(H,21,23);1H. The summed E-state index contributed by atoms with van der Waals surface area (Å²) in [6.07, 6.45) is 1.25. The zero-order valence-electron chi connectivity index (χ0n) is 14.3. The lowest BCUT2D eigenvalue weighted by Gasteiger charge is -2.23. The molecule has 1 saturated heterocycles. The quantitative estimate of drug-likeness (QED) is 0.852. The van der Waals surface area contributed by atoms with Crippen LogP contribution in [0.1, 0.15) is 12.0 Å². The highest BCUT2D eigenvalue weighted by molar-refractivity contribution is 5.91. The van der Waals surface area contributed by atoms with E-state index in [1.54, 1.807) is 11.9 Å². The number of amides is 2. The van der Waals surface area contributed by atoms with Gasteiger partial charge in [-0.15, -0.1) is 12.4 Å². The van der Waals surface area contributed by atoms with E-state index >= 15 is 0 Å². The number of likely N-dealkylation sites (N-methyl/N-ethyl adjacent to an activating group) is 1. The molecular formula is C19H24ClN3O2. The van der Waals surface area contributed by atoms with Gasteiger partial charge in [0.25, 0.3) is 0 Å². The predicted molar refractivity (Wildman–Crippen MR) is 102 cm³/mol. The van der Waals surface area contributed by atoms with Crippen LogP contribution in [-0.4, -0.2) is 49.4 Å². The van der Waals surface area contributed by atoms with Crippen LogP contribution in [0.3, 0.4) is 0 Å². The highest BCUT2D eigenvalue weighted by atomic mass is 35.5. The molecule has 1 unspecified atom stereocenters. The summed E-state index contributed by atoms with van der Waals surface area (Å²) in [5.41, 5.74) is 0.978. The van der Waals surface area contributed by atoms with Crippen LogP contribution < -0.4 is 10.6 Å². The summed E-state index contributed by atoms with van der Waals surface area (Å²) in [5, 5.41) is 8.19. The van der Waals surface area contributed by atoms with Crippen molar-refractivity contribution in [1.82, 2.24) is 15.5 Å². The minimum absolute atomic E-state index is 0. The first-order valence-corrected chi connectivity index (χ1v) is 8.35. The zero-order chi connectivity index (χ0) is 16.9. The zero-order valence-corrected chi connectivity index (χ0v) is 15.1. The van der Waals surface area contributed by atoms with Crippen molar-refractivity contribution in [3.05, 3.63) is 48.0 Å². The predicted octanol–water partition coefficient (Wildman–Crippen LogP) is 1.74. The molecule has 1 atom stereocenters. The maximum atomic E-state index is 12.2. The van der Waals surface area contributed by atoms with Gasteiger partial charge in [0, 0.05) is 19.6 Å². The first kappa shape index (κ1) is 19.2. The molecule has 1 heterocycles. The molecule has 2 N–H and O–H groups in total. The summed E-state index contributed by atoms with van der Waals surface area (Å²) in [4.78, 5) is 26.1. The first-order valence-electron chi connectivity index (χ1n) is 8.35. The fraction of sp³-hybridized carbons (Fsp3) is 0.368. The van der Waals surface area contributed by atoms with Crippen LogP contribution in [0.4, 0.5) is 0 Å². The first-order chi connectivity index (χ1) is 11.6. The van der Waals surface area contributed by atoms with Gasteiger partial charge in [0.15, 0.2) is 0 Å². The van der Waals surface area contributed by atoms with Gasteiger partial charge in [0.1, 0.15) is 0 Å². The third-order valence-electron chi connectivity index (χ3n) is 4.64. The largest absolute Gasteiger partial charge is 0.347 e. The third kappa shape index (κ3) is 4.71. The number of carbonyl (C=O) groups is 2. The van der Waals surface area contributed by atoms with E-state index in [1.165, 1.54) is 0 Å². The van der Waals surface area contributed by atoms with Crippen LogP contribution in [0.25, 0.3) is 10.8 Å². The molecule has 5 nitrogen and oxygen atoms in total. The topological polar surface area (TPSA) is 61.4 Å². The molecule has 1 fully saturated rings. The van der Waals surface area contributed by atoms with Gasteiger partial charge in [-0.3, -0.25) is 9.59 Å². The van der Waals surface area contributed by atoms with Crippen LogP contribution in [0.2, 0.25) is 0 Å². The average molecular weight is 362 g/mol. The Morgan fingerprint density at radius 2 is 1.96 bits per heavy atom. The third-order valence-corrected chi connectivity index (χ3v) is 4.64. The molecule has 0 bridgehead atoms. The molecule has 6 heteroatoms.